The number of hydrogen-bond acceptors (Lipinski definition) is 3. The number of nitrogens with zero attached hydrogens (tertiary/aromatic N) is 3. The topological polar surface area (TPSA) is 58.3 Å². The molecule has 0 bridgehead atoms. The van der Waals surface area contributed by atoms with Crippen molar-refractivity contribution < 1.29 is 9.53 Å². The molecule has 0 aliphatic heterocycles. The second-order valence-corrected chi connectivity index (χ2v) is 3.96. The second-order valence-electron chi connectivity index (χ2n) is 3.96. The minimum absolute atomic E-state index is 0.612. The van der Waals surface area contributed by atoms with Crippen molar-refractivity contribution in [3.63, 3.8) is 0 Å². The monoisotopic (exact) mass is 207 g/mol. The van der Waals surface area contributed by atoms with Crippen LogP contribution >= 0.6 is 0 Å². The van der Waals surface area contributed by atoms with Crippen LogP contribution in [0.25, 0.3) is 0 Å². The predicted octanol–water partition coefficient (Wildman–Crippen LogP) is 1.84. The molecular formula is C10H13N3O2. The molecule has 0 aliphatic rings. The maximum Gasteiger partial charge on any atom is 0.443 e. The lowest BCUT2D eigenvalue weighted by Crippen LogP contribution is -2.39. The fourth-order valence-corrected chi connectivity index (χ4v) is 0.951. The molecule has 0 aromatic carbocycles. The fourth-order valence-electron chi connectivity index (χ4n) is 0.951. The third-order valence-corrected chi connectivity index (χ3v) is 1.48. The molecule has 0 fully saturated rings. The van der Waals surface area contributed by atoms with Crippen LogP contribution in [-0.2, 0) is 4.74 Å². The normalized spacial score (nSPS) is 10.5. The van der Waals surface area contributed by atoms with Crippen LogP contribution in [0.4, 0.5) is 4.79 Å². The van der Waals surface area contributed by atoms with E-state index in [1.165, 1.54) is 4.68 Å². The number of carbonyl (C=O) groups excluding carboxylic acids is 1. The molecule has 1 heterocycles. The molecular weight excluding hydrogens is 194 g/mol. The van der Waals surface area contributed by atoms with Gasteiger partial charge in [0.2, 0.25) is 6.19 Å². The summed E-state index contributed by atoms with van der Waals surface area (Å²) in [5.74, 6) is 0. The zero-order valence-electron chi connectivity index (χ0n) is 8.97. The molecule has 80 valence electrons. The molecule has 0 spiro atoms. The number of aromatic nitrogens is 1. The van der Waals surface area contributed by atoms with E-state index in [0.717, 1.165) is 5.01 Å². The number of hydrogen-bond donors (Lipinski definition) is 0. The average molecular weight is 207 g/mol. The summed E-state index contributed by atoms with van der Waals surface area (Å²) >= 11 is 0. The highest BCUT2D eigenvalue weighted by molar-refractivity contribution is 5.81. The van der Waals surface area contributed by atoms with Crippen molar-refractivity contribution >= 4 is 6.09 Å². The largest absolute Gasteiger partial charge is 0.443 e. The molecule has 1 aromatic heterocycles. The van der Waals surface area contributed by atoms with Crippen molar-refractivity contribution in [1.82, 2.24) is 4.68 Å². The fraction of sp³-hybridized carbons (Fsp3) is 0.400. The highest BCUT2D eigenvalue weighted by Gasteiger charge is 2.22. The average Bonchev–Trinajstić information content (AvgIpc) is 2.54. The molecule has 1 amide bonds. The molecule has 0 aliphatic carbocycles. The third-order valence-electron chi connectivity index (χ3n) is 1.48. The van der Waals surface area contributed by atoms with Gasteiger partial charge in [0.25, 0.3) is 0 Å². The Hall–Kier alpha value is -1.96. The first-order valence-corrected chi connectivity index (χ1v) is 4.50. The first kappa shape index (κ1) is 11.1. The zero-order valence-corrected chi connectivity index (χ0v) is 8.97. The van der Waals surface area contributed by atoms with Gasteiger partial charge in [-0.2, -0.15) is 5.26 Å². The molecule has 0 atom stereocenters. The Morgan fingerprint density at radius 2 is 1.93 bits per heavy atom. The van der Waals surface area contributed by atoms with Gasteiger partial charge in [-0.1, -0.05) is 0 Å². The van der Waals surface area contributed by atoms with Crippen molar-refractivity contribution in [3.8, 4) is 6.19 Å². The van der Waals surface area contributed by atoms with Crippen LogP contribution < -0.4 is 5.01 Å². The number of rotatable bonds is 1. The minimum atomic E-state index is -0.693. The van der Waals surface area contributed by atoms with Crippen LogP contribution in [0.3, 0.4) is 0 Å². The molecule has 5 heteroatoms. The van der Waals surface area contributed by atoms with Crippen molar-refractivity contribution in [3.05, 3.63) is 24.5 Å². The minimum Gasteiger partial charge on any atom is -0.442 e. The van der Waals surface area contributed by atoms with Crippen LogP contribution in [0.15, 0.2) is 24.5 Å². The summed E-state index contributed by atoms with van der Waals surface area (Å²) in [4.78, 5) is 11.5. The van der Waals surface area contributed by atoms with E-state index in [1.54, 1.807) is 51.5 Å². The molecule has 0 radical (unpaired) electrons. The Morgan fingerprint density at radius 3 is 2.33 bits per heavy atom. The van der Waals surface area contributed by atoms with Gasteiger partial charge in [-0.3, -0.25) is 0 Å². The van der Waals surface area contributed by atoms with E-state index in [4.69, 9.17) is 10.00 Å². The Morgan fingerprint density at radius 1 is 1.40 bits per heavy atom. The molecule has 1 aromatic rings. The first-order chi connectivity index (χ1) is 6.94. The molecule has 0 unspecified atom stereocenters. The third kappa shape index (κ3) is 3.02. The van der Waals surface area contributed by atoms with E-state index in [0.29, 0.717) is 0 Å². The summed E-state index contributed by atoms with van der Waals surface area (Å²) in [6, 6.07) is 3.43. The lowest BCUT2D eigenvalue weighted by Gasteiger charge is -2.22. The van der Waals surface area contributed by atoms with Crippen LogP contribution in [0, 0.1) is 11.5 Å². The number of nitriles is 1. The van der Waals surface area contributed by atoms with Crippen molar-refractivity contribution in [1.29, 1.82) is 5.26 Å². The molecule has 0 saturated heterocycles. The molecule has 0 N–H and O–H groups in total. The summed E-state index contributed by atoms with van der Waals surface area (Å²) in [7, 11) is 0. The Kier molecular flexibility index (Phi) is 3.00. The van der Waals surface area contributed by atoms with E-state index < -0.39 is 11.7 Å². The van der Waals surface area contributed by atoms with Gasteiger partial charge in [0.1, 0.15) is 5.60 Å². The van der Waals surface area contributed by atoms with Crippen LogP contribution in [0.1, 0.15) is 20.8 Å². The van der Waals surface area contributed by atoms with Crippen LogP contribution in [-0.4, -0.2) is 16.4 Å². The zero-order chi connectivity index (χ0) is 11.5. The summed E-state index contributed by atoms with van der Waals surface area (Å²) in [6.45, 7) is 5.24. The molecule has 1 rings (SSSR count). The summed E-state index contributed by atoms with van der Waals surface area (Å²) < 4.78 is 6.41. The van der Waals surface area contributed by atoms with Crippen LogP contribution in [0.2, 0.25) is 0 Å². The predicted molar refractivity (Wildman–Crippen MR) is 54.5 cm³/mol. The molecule has 5 nitrogen and oxygen atoms in total. The number of amides is 1. The van der Waals surface area contributed by atoms with Crippen molar-refractivity contribution in [2.24, 2.45) is 0 Å². The number of carbonyl (C=O) groups is 1. The molecule has 0 saturated carbocycles. The summed E-state index contributed by atoms with van der Waals surface area (Å²) in [5, 5.41) is 9.66. The SMILES string of the molecule is CC(C)(C)OC(=O)N(C#N)n1cccc1. The van der Waals surface area contributed by atoms with Crippen LogP contribution in [0.5, 0.6) is 0 Å². The Bertz CT molecular complexity index is 370. The van der Waals surface area contributed by atoms with E-state index in [1.807, 2.05) is 0 Å². The number of ether oxygens (including phenoxy) is 1. The summed E-state index contributed by atoms with van der Waals surface area (Å²) in [6.07, 6.45) is 4.24. The highest BCUT2D eigenvalue weighted by atomic mass is 16.6. The van der Waals surface area contributed by atoms with Gasteiger partial charge in [0.05, 0.1) is 0 Å². The Labute approximate surface area is 88.4 Å². The second kappa shape index (κ2) is 4.05. The molecule has 15 heavy (non-hydrogen) atoms. The lowest BCUT2D eigenvalue weighted by atomic mass is 10.2. The van der Waals surface area contributed by atoms with Crippen molar-refractivity contribution in [2.45, 2.75) is 26.4 Å². The highest BCUT2D eigenvalue weighted by Crippen LogP contribution is 2.09. The van der Waals surface area contributed by atoms with Gasteiger partial charge < -0.3 is 4.74 Å². The smallest absolute Gasteiger partial charge is 0.442 e. The van der Waals surface area contributed by atoms with E-state index >= 15 is 0 Å². The van der Waals surface area contributed by atoms with E-state index in [-0.39, 0.29) is 0 Å². The van der Waals surface area contributed by atoms with Gasteiger partial charge in [-0.05, 0) is 32.9 Å². The van der Waals surface area contributed by atoms with Gasteiger partial charge >= 0.3 is 6.09 Å². The van der Waals surface area contributed by atoms with Crippen molar-refractivity contribution in [2.75, 3.05) is 5.01 Å². The van der Waals surface area contributed by atoms with Gasteiger partial charge in [-0.15, -0.1) is 5.01 Å². The maximum absolute atomic E-state index is 11.5. The van der Waals surface area contributed by atoms with Gasteiger partial charge in [-0.25, -0.2) is 9.47 Å². The van der Waals surface area contributed by atoms with E-state index in [9.17, 15) is 4.79 Å². The quantitative estimate of drug-likeness (QED) is 0.521. The van der Waals surface area contributed by atoms with Gasteiger partial charge in [0, 0.05) is 12.4 Å². The van der Waals surface area contributed by atoms with Gasteiger partial charge in [0.15, 0.2) is 0 Å². The standard InChI is InChI=1S/C10H13N3O2/c1-10(2,3)15-9(14)13(8-11)12-6-4-5-7-12/h4-7H,1-3H3. The lowest BCUT2D eigenvalue weighted by molar-refractivity contribution is 0.0565. The maximum atomic E-state index is 11.5. The van der Waals surface area contributed by atoms with E-state index in [2.05, 4.69) is 0 Å². The summed E-state index contributed by atoms with van der Waals surface area (Å²) in [5.41, 5.74) is -0.612. The Balaban J connectivity index is 2.78. The first-order valence-electron chi connectivity index (χ1n) is 4.50.